The van der Waals surface area contributed by atoms with Crippen LogP contribution in [-0.2, 0) is 10.0 Å². The fourth-order valence-electron chi connectivity index (χ4n) is 1.58. The fraction of sp³-hybridized carbons (Fsp3) is 0.0769. The molecule has 106 valence electrons. The molecule has 2 rings (SSSR count). The van der Waals surface area contributed by atoms with Gasteiger partial charge in [-0.1, -0.05) is 11.8 Å². The highest BCUT2D eigenvalue weighted by Gasteiger charge is 2.15. The molecule has 0 amide bonds. The fourth-order valence-corrected chi connectivity index (χ4v) is 3.29. The highest BCUT2D eigenvalue weighted by atomic mass is 32.2. The quantitative estimate of drug-likeness (QED) is 0.851. The van der Waals surface area contributed by atoms with Gasteiger partial charge in [-0.15, -0.1) is 0 Å². The van der Waals surface area contributed by atoms with Crippen molar-refractivity contribution in [1.82, 2.24) is 4.72 Å². The van der Waals surface area contributed by atoms with E-state index >= 15 is 0 Å². The molecular weight excluding hydrogens is 299 g/mol. The number of sulfonamides is 1. The zero-order chi connectivity index (χ0) is 14.8. The Hall–Kier alpha value is -1.57. The minimum atomic E-state index is -3.56. The van der Waals surface area contributed by atoms with E-state index in [0.29, 0.717) is 0 Å². The molecule has 0 saturated heterocycles. The van der Waals surface area contributed by atoms with Crippen molar-refractivity contribution < 1.29 is 12.8 Å². The minimum Gasteiger partial charge on any atom is -0.398 e. The van der Waals surface area contributed by atoms with Crippen LogP contribution < -0.4 is 10.5 Å². The Morgan fingerprint density at radius 1 is 1.10 bits per heavy atom. The van der Waals surface area contributed by atoms with E-state index < -0.39 is 10.0 Å². The summed E-state index contributed by atoms with van der Waals surface area (Å²) in [5.74, 6) is -0.302. The maximum Gasteiger partial charge on any atom is 0.242 e. The van der Waals surface area contributed by atoms with Gasteiger partial charge in [0.25, 0.3) is 0 Å². The number of anilines is 1. The molecule has 7 heteroatoms. The second-order valence-electron chi connectivity index (χ2n) is 3.96. The highest BCUT2D eigenvalue weighted by Crippen LogP contribution is 2.31. The standard InChI is InChI=1S/C13H13FN2O2S2/c1-16-20(17,18)13-7-6-11(8-12(13)15)19-10-4-2-9(14)3-5-10/h2-8,16H,15H2,1H3. The average molecular weight is 312 g/mol. The Balaban J connectivity index is 2.28. The van der Waals surface area contributed by atoms with Crippen molar-refractivity contribution in [1.29, 1.82) is 0 Å². The van der Waals surface area contributed by atoms with E-state index in [4.69, 9.17) is 5.73 Å². The van der Waals surface area contributed by atoms with Gasteiger partial charge in [0.15, 0.2) is 0 Å². The third kappa shape index (κ3) is 3.30. The van der Waals surface area contributed by atoms with E-state index in [1.807, 2.05) is 0 Å². The molecule has 0 heterocycles. The first-order valence-corrected chi connectivity index (χ1v) is 7.99. The van der Waals surface area contributed by atoms with E-state index in [2.05, 4.69) is 4.72 Å². The summed E-state index contributed by atoms with van der Waals surface area (Å²) in [5.41, 5.74) is 5.94. The van der Waals surface area contributed by atoms with Crippen molar-refractivity contribution in [2.75, 3.05) is 12.8 Å². The predicted octanol–water partition coefficient (Wildman–Crippen LogP) is 2.47. The van der Waals surface area contributed by atoms with Gasteiger partial charge in [-0.2, -0.15) is 0 Å². The summed E-state index contributed by atoms with van der Waals surface area (Å²) < 4.78 is 38.4. The van der Waals surface area contributed by atoms with E-state index in [1.165, 1.54) is 37.0 Å². The molecular formula is C13H13FN2O2S2. The topological polar surface area (TPSA) is 72.2 Å². The molecule has 0 aromatic heterocycles. The van der Waals surface area contributed by atoms with E-state index in [1.54, 1.807) is 24.3 Å². The van der Waals surface area contributed by atoms with Crippen LogP contribution in [0.2, 0.25) is 0 Å². The predicted molar refractivity (Wildman–Crippen MR) is 77.6 cm³/mol. The number of rotatable bonds is 4. The second-order valence-corrected chi connectivity index (χ2v) is 6.97. The van der Waals surface area contributed by atoms with Crippen molar-refractivity contribution >= 4 is 27.5 Å². The number of halogens is 1. The molecule has 4 nitrogen and oxygen atoms in total. The van der Waals surface area contributed by atoms with Crippen molar-refractivity contribution in [3.8, 4) is 0 Å². The molecule has 0 fully saturated rings. The lowest BCUT2D eigenvalue weighted by molar-refractivity contribution is 0.588. The minimum absolute atomic E-state index is 0.0449. The van der Waals surface area contributed by atoms with Gasteiger partial charge < -0.3 is 5.73 Å². The van der Waals surface area contributed by atoms with Crippen molar-refractivity contribution in [2.45, 2.75) is 14.7 Å². The summed E-state index contributed by atoms with van der Waals surface area (Å²) in [7, 11) is -2.23. The maximum atomic E-state index is 12.8. The Morgan fingerprint density at radius 2 is 1.70 bits per heavy atom. The van der Waals surface area contributed by atoms with Crippen LogP contribution >= 0.6 is 11.8 Å². The third-order valence-electron chi connectivity index (χ3n) is 2.59. The molecule has 0 bridgehead atoms. The van der Waals surface area contributed by atoms with Crippen LogP contribution in [0.1, 0.15) is 0 Å². The first-order valence-electron chi connectivity index (χ1n) is 5.69. The van der Waals surface area contributed by atoms with Crippen molar-refractivity contribution in [3.05, 3.63) is 48.3 Å². The number of hydrogen-bond donors (Lipinski definition) is 2. The molecule has 0 unspecified atom stereocenters. The second kappa shape index (κ2) is 5.82. The van der Waals surface area contributed by atoms with Crippen LogP contribution in [0.15, 0.2) is 57.2 Å². The molecule has 3 N–H and O–H groups in total. The number of nitrogens with two attached hydrogens (primary N) is 1. The summed E-state index contributed by atoms with van der Waals surface area (Å²) >= 11 is 1.38. The zero-order valence-corrected chi connectivity index (χ0v) is 12.3. The lowest BCUT2D eigenvalue weighted by Crippen LogP contribution is -2.19. The molecule has 2 aromatic carbocycles. The van der Waals surface area contributed by atoms with Crippen LogP contribution in [0.25, 0.3) is 0 Å². The maximum absolute atomic E-state index is 12.8. The van der Waals surface area contributed by atoms with Crippen molar-refractivity contribution in [3.63, 3.8) is 0 Å². The van der Waals surface area contributed by atoms with Crippen LogP contribution in [0, 0.1) is 5.82 Å². The highest BCUT2D eigenvalue weighted by molar-refractivity contribution is 7.99. The SMILES string of the molecule is CNS(=O)(=O)c1ccc(Sc2ccc(F)cc2)cc1N. The van der Waals surface area contributed by atoms with Crippen molar-refractivity contribution in [2.24, 2.45) is 0 Å². The Morgan fingerprint density at radius 3 is 2.25 bits per heavy atom. The molecule has 0 atom stereocenters. The number of benzene rings is 2. The van der Waals surface area contributed by atoms with Gasteiger partial charge in [-0.3, -0.25) is 0 Å². The van der Waals surface area contributed by atoms with Gasteiger partial charge >= 0.3 is 0 Å². The number of nitrogens with one attached hydrogen (secondary N) is 1. The number of nitrogen functional groups attached to an aromatic ring is 1. The Labute approximate surface area is 121 Å². The van der Waals surface area contributed by atoms with Gasteiger partial charge in [0.05, 0.1) is 5.69 Å². The lowest BCUT2D eigenvalue weighted by atomic mass is 10.3. The van der Waals surface area contributed by atoms with Crippen LogP contribution in [-0.4, -0.2) is 15.5 Å². The summed E-state index contributed by atoms with van der Waals surface area (Å²) in [6.07, 6.45) is 0. The van der Waals surface area contributed by atoms with Crippen LogP contribution in [0.5, 0.6) is 0 Å². The molecule has 0 radical (unpaired) electrons. The smallest absolute Gasteiger partial charge is 0.242 e. The van der Waals surface area contributed by atoms with Crippen LogP contribution in [0.4, 0.5) is 10.1 Å². The molecule has 0 aliphatic carbocycles. The molecule has 0 aliphatic heterocycles. The third-order valence-corrected chi connectivity index (χ3v) is 5.07. The Kier molecular flexibility index (Phi) is 4.32. The van der Waals surface area contributed by atoms with Gasteiger partial charge in [0.1, 0.15) is 10.7 Å². The largest absolute Gasteiger partial charge is 0.398 e. The monoisotopic (exact) mass is 312 g/mol. The molecule has 0 spiro atoms. The van der Waals surface area contributed by atoms with E-state index in [0.717, 1.165) is 9.79 Å². The molecule has 0 aliphatic rings. The summed E-state index contributed by atoms with van der Waals surface area (Å²) in [4.78, 5) is 1.67. The van der Waals surface area contributed by atoms with Gasteiger partial charge in [0, 0.05) is 9.79 Å². The first kappa shape index (κ1) is 14.8. The summed E-state index contributed by atoms with van der Waals surface area (Å²) in [5, 5.41) is 0. The molecule has 2 aromatic rings. The number of hydrogen-bond acceptors (Lipinski definition) is 4. The van der Waals surface area contributed by atoms with Gasteiger partial charge in [0.2, 0.25) is 10.0 Å². The zero-order valence-electron chi connectivity index (χ0n) is 10.6. The van der Waals surface area contributed by atoms with E-state index in [9.17, 15) is 12.8 Å². The Bertz CT molecular complexity index is 716. The summed E-state index contributed by atoms with van der Waals surface area (Å²) in [6, 6.07) is 10.7. The molecule has 20 heavy (non-hydrogen) atoms. The lowest BCUT2D eigenvalue weighted by Gasteiger charge is -2.08. The van der Waals surface area contributed by atoms with Gasteiger partial charge in [-0.25, -0.2) is 17.5 Å². The molecule has 0 saturated carbocycles. The summed E-state index contributed by atoms with van der Waals surface area (Å²) in [6.45, 7) is 0. The average Bonchev–Trinajstić information content (AvgIpc) is 2.41. The van der Waals surface area contributed by atoms with Gasteiger partial charge in [-0.05, 0) is 49.5 Å². The van der Waals surface area contributed by atoms with E-state index in [-0.39, 0.29) is 16.4 Å². The van der Waals surface area contributed by atoms with Crippen LogP contribution in [0.3, 0.4) is 0 Å². The normalized spacial score (nSPS) is 11.5. The first-order chi connectivity index (χ1) is 9.42.